The fourth-order valence-electron chi connectivity index (χ4n) is 3.62. The van der Waals surface area contributed by atoms with Crippen LogP contribution in [0.3, 0.4) is 0 Å². The number of hydrogen-bond acceptors (Lipinski definition) is 10. The van der Waals surface area contributed by atoms with E-state index in [1.807, 2.05) is 128 Å². The highest BCUT2D eigenvalue weighted by molar-refractivity contribution is 6.29. The number of para-hydroxylation sites is 2. The highest BCUT2D eigenvalue weighted by Gasteiger charge is 2.21. The van der Waals surface area contributed by atoms with E-state index in [0.29, 0.717) is 34.8 Å². The van der Waals surface area contributed by atoms with Gasteiger partial charge < -0.3 is 21.7 Å². The predicted octanol–water partition coefficient (Wildman–Crippen LogP) is 9.18. The molecular weight excluding hydrogens is 636 g/mol. The molecule has 0 spiro atoms. The van der Waals surface area contributed by atoms with Crippen molar-refractivity contribution >= 4 is 52.0 Å². The predicted molar refractivity (Wildman–Crippen MR) is 205 cm³/mol. The van der Waals surface area contributed by atoms with Crippen LogP contribution in [0.15, 0.2) is 84.9 Å². The smallest absolute Gasteiger partial charge is 0.250 e. The third-order valence-electron chi connectivity index (χ3n) is 6.10. The molecule has 0 unspecified atom stereocenters. The number of nitrogens with zero attached hydrogens (tertiary/aromatic N) is 8. The van der Waals surface area contributed by atoms with Gasteiger partial charge in [-0.3, -0.25) is 0 Å². The third kappa shape index (κ3) is 13.7. The van der Waals surface area contributed by atoms with Crippen molar-refractivity contribution in [2.24, 2.45) is 5.73 Å². The molecule has 0 atom stereocenters. The van der Waals surface area contributed by atoms with Crippen LogP contribution < -0.4 is 21.7 Å². The van der Waals surface area contributed by atoms with Crippen molar-refractivity contribution in [3.8, 4) is 0 Å². The molecule has 2 saturated carbocycles. The molecule has 264 valence electrons. The van der Waals surface area contributed by atoms with Gasteiger partial charge in [0.05, 0.1) is 0 Å². The lowest BCUT2D eigenvalue weighted by Gasteiger charge is -2.06. The average molecular weight is 689 g/mol. The Bertz CT molecular complexity index is 1720. The molecule has 4 aromatic heterocycles. The van der Waals surface area contributed by atoms with Crippen molar-refractivity contribution in [3.63, 3.8) is 0 Å². The zero-order chi connectivity index (χ0) is 36.0. The molecule has 6 aromatic rings. The van der Waals surface area contributed by atoms with Crippen LogP contribution in [0.2, 0.25) is 5.15 Å². The number of hydrogen-bond donors (Lipinski definition) is 4. The van der Waals surface area contributed by atoms with Gasteiger partial charge in [0.1, 0.15) is 11.0 Å². The van der Waals surface area contributed by atoms with Crippen LogP contribution in [-0.4, -0.2) is 51.7 Å². The Balaban J connectivity index is 0.000000260. The summed E-state index contributed by atoms with van der Waals surface area (Å²) in [5.41, 5.74) is 8.48. The van der Waals surface area contributed by atoms with Crippen LogP contribution in [0.25, 0.3) is 11.3 Å². The lowest BCUT2D eigenvalue weighted by atomic mass is 10.3. The second-order valence-corrected chi connectivity index (χ2v) is 10.1. The molecular formula is C36H53ClN12. The van der Waals surface area contributed by atoms with Crippen LogP contribution in [0, 0.1) is 0 Å². The summed E-state index contributed by atoms with van der Waals surface area (Å²) in [7, 11) is 0. The van der Waals surface area contributed by atoms with E-state index in [2.05, 4.69) is 46.5 Å². The highest BCUT2D eigenvalue weighted by Crippen LogP contribution is 2.24. The third-order valence-corrected chi connectivity index (χ3v) is 6.31. The van der Waals surface area contributed by atoms with Crippen molar-refractivity contribution in [1.82, 2.24) is 39.6 Å². The first kappa shape index (κ1) is 40.4. The van der Waals surface area contributed by atoms with Gasteiger partial charge in [0.2, 0.25) is 5.95 Å². The minimum Gasteiger partial charge on any atom is -0.366 e. The number of nitrogens with one attached hydrogen (secondary N) is 3. The minimum absolute atomic E-state index is 0.397. The molecule has 4 heterocycles. The zero-order valence-electron chi connectivity index (χ0n) is 30.1. The first-order chi connectivity index (χ1) is 24.1. The first-order valence-corrected chi connectivity index (χ1v) is 17.8. The molecule has 13 heteroatoms. The molecule has 0 aliphatic heterocycles. The number of nitrogens with two attached hydrogens (primary N) is 1. The Labute approximate surface area is 295 Å². The summed E-state index contributed by atoms with van der Waals surface area (Å²) in [6.45, 7) is 16.0. The summed E-state index contributed by atoms with van der Waals surface area (Å²) in [5, 5.41) is 35.0. The van der Waals surface area contributed by atoms with E-state index in [9.17, 15) is 0 Å². The van der Waals surface area contributed by atoms with Gasteiger partial charge in [-0.15, -0.1) is 25.5 Å². The van der Waals surface area contributed by atoms with Gasteiger partial charge in [-0.2, -0.15) is 14.1 Å². The molecule has 0 saturated heterocycles. The van der Waals surface area contributed by atoms with E-state index in [1.165, 1.54) is 25.7 Å². The maximum atomic E-state index is 5.84. The number of aromatic nitrogens is 8. The van der Waals surface area contributed by atoms with Crippen molar-refractivity contribution in [2.45, 2.75) is 93.2 Å². The Morgan fingerprint density at radius 3 is 1.43 bits per heavy atom. The summed E-state index contributed by atoms with van der Waals surface area (Å²) in [6, 6.07) is 28.0. The topological polar surface area (TPSA) is 148 Å². The summed E-state index contributed by atoms with van der Waals surface area (Å²) in [5.74, 6) is 2.01. The second kappa shape index (κ2) is 22.7. The van der Waals surface area contributed by atoms with E-state index < -0.39 is 0 Å². The highest BCUT2D eigenvalue weighted by atomic mass is 35.5. The molecule has 2 aliphatic carbocycles. The van der Waals surface area contributed by atoms with Crippen LogP contribution in [-0.2, 0) is 0 Å². The lowest BCUT2D eigenvalue weighted by molar-refractivity contribution is 0.924. The molecule has 2 aromatic carbocycles. The number of rotatable bonds is 6. The van der Waals surface area contributed by atoms with Crippen LogP contribution >= 0.6 is 11.6 Å². The number of halogens is 1. The van der Waals surface area contributed by atoms with E-state index in [0.717, 1.165) is 22.8 Å². The Kier molecular flexibility index (Phi) is 18.7. The van der Waals surface area contributed by atoms with Crippen molar-refractivity contribution in [1.29, 1.82) is 0 Å². The van der Waals surface area contributed by atoms with Gasteiger partial charge in [-0.05, 0) is 74.2 Å². The zero-order valence-corrected chi connectivity index (χ0v) is 30.9. The van der Waals surface area contributed by atoms with Gasteiger partial charge in [-0.1, -0.05) is 103 Å². The maximum absolute atomic E-state index is 5.84. The Morgan fingerprint density at radius 2 is 1.00 bits per heavy atom. The fourth-order valence-corrected chi connectivity index (χ4v) is 3.76. The quantitative estimate of drug-likeness (QED) is 0.133. The van der Waals surface area contributed by atoms with Gasteiger partial charge in [0, 0.05) is 23.5 Å². The van der Waals surface area contributed by atoms with E-state index in [1.54, 1.807) is 21.2 Å². The van der Waals surface area contributed by atoms with Crippen LogP contribution in [0.5, 0.6) is 0 Å². The molecule has 5 N–H and O–H groups in total. The molecule has 0 bridgehead atoms. The van der Waals surface area contributed by atoms with Crippen LogP contribution in [0.4, 0.5) is 29.1 Å². The van der Waals surface area contributed by atoms with Crippen molar-refractivity contribution in [2.75, 3.05) is 16.0 Å². The number of benzene rings is 2. The Morgan fingerprint density at radius 1 is 0.571 bits per heavy atom. The van der Waals surface area contributed by atoms with Crippen molar-refractivity contribution < 1.29 is 0 Å². The first-order valence-electron chi connectivity index (χ1n) is 17.4. The molecule has 0 amide bonds. The summed E-state index contributed by atoms with van der Waals surface area (Å²) in [4.78, 5) is 0. The lowest BCUT2D eigenvalue weighted by Crippen LogP contribution is -2.07. The molecule has 2 aliphatic rings. The summed E-state index contributed by atoms with van der Waals surface area (Å²) in [6.07, 6.45) is 4.97. The van der Waals surface area contributed by atoms with Gasteiger partial charge in [0.15, 0.2) is 11.3 Å². The maximum Gasteiger partial charge on any atom is 0.250 e. The standard InChI is InChI=1S/C14H14N6.C11H8ClN5.C3H7N.4C2H6/c1-2-4-10(5-3-1)16-14-18-17-13-9-8-12(19-20(13)14)15-11-6-7-11;12-9-6-7-10-14-15-11(17(10)16-9)13-8-4-2-1-3-5-8;4-3-1-2-3;4*1-2/h1-5,8-9,11H,6-7H2,(H,15,19)(H,16,18);1-7H,(H,13,15);3H,1-2,4H2;4*1-2H3. The van der Waals surface area contributed by atoms with E-state index >= 15 is 0 Å². The van der Waals surface area contributed by atoms with E-state index in [4.69, 9.17) is 17.3 Å². The summed E-state index contributed by atoms with van der Waals surface area (Å²) >= 11 is 5.84. The summed E-state index contributed by atoms with van der Waals surface area (Å²) < 4.78 is 3.28. The largest absolute Gasteiger partial charge is 0.366 e. The van der Waals surface area contributed by atoms with Crippen molar-refractivity contribution in [3.05, 3.63) is 90.1 Å². The second-order valence-electron chi connectivity index (χ2n) is 9.70. The normalized spacial score (nSPS) is 12.2. The van der Waals surface area contributed by atoms with Gasteiger partial charge >= 0.3 is 0 Å². The SMILES string of the molecule is CC.CC.CC.CC.Clc1ccc2nnc(Nc3ccccc3)n2n1.NC1CC1.c1ccc(Nc2nnc3ccc(NC4CC4)nn23)cc1. The molecule has 0 radical (unpaired) electrons. The number of anilines is 5. The van der Waals surface area contributed by atoms with E-state index in [-0.39, 0.29) is 0 Å². The minimum atomic E-state index is 0.397. The molecule has 2 fully saturated rings. The average Bonchev–Trinajstić information content (AvgIpc) is 4.09. The molecule has 8 rings (SSSR count). The molecule has 49 heavy (non-hydrogen) atoms. The Hall–Kier alpha value is -4.81. The fraction of sp³-hybridized carbons (Fsp3) is 0.389. The van der Waals surface area contributed by atoms with Gasteiger partial charge in [-0.25, -0.2) is 0 Å². The monoisotopic (exact) mass is 688 g/mol. The number of fused-ring (bicyclic) bond motifs is 2. The van der Waals surface area contributed by atoms with Crippen LogP contribution in [0.1, 0.15) is 81.1 Å². The van der Waals surface area contributed by atoms with Gasteiger partial charge in [0.25, 0.3) is 5.95 Å². The molecule has 12 nitrogen and oxygen atoms in total.